The molecule has 0 amide bonds. The summed E-state index contributed by atoms with van der Waals surface area (Å²) in [5.74, 6) is 1.53. The van der Waals surface area contributed by atoms with Gasteiger partial charge >= 0.3 is 0 Å². The van der Waals surface area contributed by atoms with Crippen LogP contribution in [-0.4, -0.2) is 99.9 Å². The molecule has 202 valence electrons. The average molecular weight is 536 g/mol. The molecule has 0 bridgehead atoms. The van der Waals surface area contributed by atoms with Gasteiger partial charge in [-0.1, -0.05) is 13.2 Å². The molecular formula is C24H35F2N9OS. The maximum absolute atomic E-state index is 14.0. The van der Waals surface area contributed by atoms with Crippen LogP contribution in [0.2, 0.25) is 0 Å². The molecule has 2 N–H and O–H groups in total. The van der Waals surface area contributed by atoms with Crippen LogP contribution < -0.4 is 15.5 Å². The highest BCUT2D eigenvalue weighted by molar-refractivity contribution is 7.98. The van der Waals surface area contributed by atoms with Crippen LogP contribution in [0.1, 0.15) is 30.1 Å². The number of alkyl halides is 2. The zero-order chi connectivity index (χ0) is 26.5. The summed E-state index contributed by atoms with van der Waals surface area (Å²) in [7, 11) is 0. The van der Waals surface area contributed by atoms with Crippen molar-refractivity contribution in [2.24, 2.45) is 5.73 Å². The van der Waals surface area contributed by atoms with Gasteiger partial charge in [0.1, 0.15) is 0 Å². The Morgan fingerprint density at radius 2 is 1.62 bits per heavy atom. The number of rotatable bonds is 10. The van der Waals surface area contributed by atoms with Crippen LogP contribution in [0.25, 0.3) is 12.0 Å². The van der Waals surface area contributed by atoms with E-state index in [0.29, 0.717) is 75.8 Å². The lowest BCUT2D eigenvalue weighted by molar-refractivity contribution is 0.122. The number of ether oxygens (including phenoxy) is 1. The molecule has 2 aliphatic heterocycles. The number of halogens is 2. The van der Waals surface area contributed by atoms with E-state index in [2.05, 4.69) is 39.3 Å². The van der Waals surface area contributed by atoms with E-state index in [1.165, 1.54) is 10.6 Å². The van der Waals surface area contributed by atoms with Crippen LogP contribution >= 0.6 is 11.8 Å². The number of anilines is 2. The van der Waals surface area contributed by atoms with Crippen molar-refractivity contribution in [2.45, 2.75) is 25.8 Å². The summed E-state index contributed by atoms with van der Waals surface area (Å²) in [6, 6.07) is -0.0784. The number of imidazole rings is 1. The quantitative estimate of drug-likeness (QED) is 0.488. The first-order valence-corrected chi connectivity index (χ1v) is 13.8. The fourth-order valence-corrected chi connectivity index (χ4v) is 4.98. The number of piperazine rings is 1. The molecule has 37 heavy (non-hydrogen) atoms. The Morgan fingerprint density at radius 1 is 1.03 bits per heavy atom. The van der Waals surface area contributed by atoms with Gasteiger partial charge in [-0.05, 0) is 31.4 Å². The number of nitrogens with two attached hydrogens (primary N) is 1. The van der Waals surface area contributed by atoms with E-state index in [1.54, 1.807) is 18.7 Å². The molecule has 2 saturated heterocycles. The molecule has 13 heteroatoms. The maximum atomic E-state index is 14.0. The van der Waals surface area contributed by atoms with Gasteiger partial charge < -0.3 is 25.2 Å². The number of aromatic nitrogens is 5. The van der Waals surface area contributed by atoms with E-state index >= 15 is 0 Å². The third-order valence-electron chi connectivity index (χ3n) is 6.64. The number of hydrogen-bond acceptors (Lipinski definition) is 10. The van der Waals surface area contributed by atoms with Crippen LogP contribution in [0.3, 0.4) is 0 Å². The summed E-state index contributed by atoms with van der Waals surface area (Å²) < 4.78 is 34.7. The van der Waals surface area contributed by atoms with E-state index in [4.69, 9.17) is 15.5 Å². The Hall–Kier alpha value is -2.77. The summed E-state index contributed by atoms with van der Waals surface area (Å²) in [4.78, 5) is 24.3. The fraction of sp³-hybridized carbons (Fsp3) is 0.583. The zero-order valence-electron chi connectivity index (χ0n) is 21.4. The van der Waals surface area contributed by atoms with E-state index in [9.17, 15) is 8.78 Å². The molecule has 1 unspecified atom stereocenters. The van der Waals surface area contributed by atoms with Crippen LogP contribution in [0.5, 0.6) is 0 Å². The molecule has 4 rings (SSSR count). The van der Waals surface area contributed by atoms with Crippen molar-refractivity contribution in [1.29, 1.82) is 0 Å². The first kappa shape index (κ1) is 27.3. The Kier molecular flexibility index (Phi) is 8.98. The Morgan fingerprint density at radius 3 is 2.19 bits per heavy atom. The first-order valence-electron chi connectivity index (χ1n) is 12.4. The molecule has 1 atom stereocenters. The highest BCUT2D eigenvalue weighted by atomic mass is 32.2. The van der Waals surface area contributed by atoms with Gasteiger partial charge in [0, 0.05) is 51.0 Å². The molecule has 2 aromatic rings. The van der Waals surface area contributed by atoms with Gasteiger partial charge in [-0.3, -0.25) is 4.57 Å². The van der Waals surface area contributed by atoms with E-state index in [1.807, 2.05) is 9.80 Å². The van der Waals surface area contributed by atoms with Crippen molar-refractivity contribution in [3.05, 3.63) is 36.1 Å². The number of nitrogens with zero attached hydrogens (tertiary/aromatic N) is 8. The monoisotopic (exact) mass is 535 g/mol. The summed E-state index contributed by atoms with van der Waals surface area (Å²) in [5, 5.41) is 0. The minimum Gasteiger partial charge on any atom is -0.378 e. The topological polar surface area (TPSA) is 101 Å². The molecular weight excluding hydrogens is 500 g/mol. The molecule has 0 spiro atoms. The molecule has 10 nitrogen and oxygen atoms in total. The summed E-state index contributed by atoms with van der Waals surface area (Å²) >= 11 is 1.77. The molecule has 0 radical (unpaired) electrons. The van der Waals surface area contributed by atoms with Crippen LogP contribution in [0.15, 0.2) is 18.9 Å². The Bertz CT molecular complexity index is 1100. The van der Waals surface area contributed by atoms with Gasteiger partial charge in [-0.15, -0.1) is 0 Å². The molecule has 0 aliphatic carbocycles. The average Bonchev–Trinajstić information content (AvgIpc) is 3.28. The molecule has 2 aliphatic rings. The predicted molar refractivity (Wildman–Crippen MR) is 144 cm³/mol. The zero-order valence-corrected chi connectivity index (χ0v) is 22.3. The van der Waals surface area contributed by atoms with E-state index in [-0.39, 0.29) is 12.0 Å². The van der Waals surface area contributed by atoms with E-state index in [0.717, 1.165) is 17.9 Å². The van der Waals surface area contributed by atoms with Crippen LogP contribution in [0, 0.1) is 6.92 Å². The van der Waals surface area contributed by atoms with Crippen molar-refractivity contribution >= 4 is 29.7 Å². The third kappa shape index (κ3) is 6.04. The van der Waals surface area contributed by atoms with Crippen LogP contribution in [-0.2, 0) is 4.74 Å². The van der Waals surface area contributed by atoms with E-state index < -0.39 is 12.2 Å². The SMILES string of the molecule is C=Cc1c(C)nc(C(F)F)n1-c1nc(N2CCOCC2)nc(N2CCN(C(=C)C(N)CCSC)CC2)n1. The minimum absolute atomic E-state index is 0.0784. The second kappa shape index (κ2) is 12.2. The number of aryl methyl sites for hydroxylation is 1. The molecule has 0 saturated carbocycles. The van der Waals surface area contributed by atoms with Gasteiger partial charge in [0.05, 0.1) is 24.6 Å². The first-order chi connectivity index (χ1) is 17.8. The standard InChI is InChI=1S/C24H35F2N9OS/c1-5-19-16(2)28-21(20(25)26)35(19)24-30-22(29-23(31-24)34-11-13-36-14-12-34)33-9-7-32(8-10-33)17(3)18(27)6-15-37-4/h5,18,20H,1,3,6-15,27H2,2,4H3. The maximum Gasteiger partial charge on any atom is 0.296 e. The Labute approximate surface area is 220 Å². The third-order valence-corrected chi connectivity index (χ3v) is 7.28. The normalized spacial score (nSPS) is 17.4. The molecule has 0 aromatic carbocycles. The summed E-state index contributed by atoms with van der Waals surface area (Å²) in [5.41, 5.74) is 8.14. The van der Waals surface area contributed by atoms with Crippen molar-refractivity contribution in [3.63, 3.8) is 0 Å². The van der Waals surface area contributed by atoms with Gasteiger partial charge in [-0.25, -0.2) is 13.8 Å². The number of morpholine rings is 1. The predicted octanol–water partition coefficient (Wildman–Crippen LogP) is 2.50. The molecule has 2 fully saturated rings. The highest BCUT2D eigenvalue weighted by Gasteiger charge is 2.28. The van der Waals surface area contributed by atoms with Gasteiger partial charge in [0.25, 0.3) is 6.43 Å². The van der Waals surface area contributed by atoms with Crippen molar-refractivity contribution in [3.8, 4) is 5.95 Å². The van der Waals surface area contributed by atoms with Crippen molar-refractivity contribution < 1.29 is 13.5 Å². The largest absolute Gasteiger partial charge is 0.378 e. The fourth-order valence-electron chi connectivity index (χ4n) is 4.49. The second-order valence-corrected chi connectivity index (χ2v) is 9.95. The smallest absolute Gasteiger partial charge is 0.296 e. The summed E-state index contributed by atoms with van der Waals surface area (Å²) in [6.45, 7) is 14.7. The summed E-state index contributed by atoms with van der Waals surface area (Å²) in [6.07, 6.45) is 1.64. The number of hydrogen-bond donors (Lipinski definition) is 1. The van der Waals surface area contributed by atoms with Gasteiger partial charge in [-0.2, -0.15) is 26.7 Å². The number of thioether (sulfide) groups is 1. The Balaban J connectivity index is 1.65. The molecule has 4 heterocycles. The van der Waals surface area contributed by atoms with Crippen molar-refractivity contribution in [2.75, 3.05) is 74.3 Å². The molecule has 2 aromatic heterocycles. The lowest BCUT2D eigenvalue weighted by Crippen LogP contribution is -2.49. The second-order valence-electron chi connectivity index (χ2n) is 8.97. The minimum atomic E-state index is -2.80. The lowest BCUT2D eigenvalue weighted by Gasteiger charge is -2.38. The highest BCUT2D eigenvalue weighted by Crippen LogP contribution is 2.27. The lowest BCUT2D eigenvalue weighted by atomic mass is 10.1. The van der Waals surface area contributed by atoms with Crippen LogP contribution in [0.4, 0.5) is 20.7 Å². The van der Waals surface area contributed by atoms with Gasteiger partial charge in [0.15, 0.2) is 5.82 Å². The van der Waals surface area contributed by atoms with Gasteiger partial charge in [0.2, 0.25) is 17.8 Å². The van der Waals surface area contributed by atoms with Crippen molar-refractivity contribution in [1.82, 2.24) is 29.4 Å².